The van der Waals surface area contributed by atoms with E-state index in [9.17, 15) is 4.79 Å². The standard InChI is InChI=1S/C14H19NO2/c1-10(2)14(7-8-14)15-9-11-3-5-12(6-4-11)13(16)17/h3-6,10,15H,7-9H2,1-2H3,(H,16,17). The third-order valence-electron chi connectivity index (χ3n) is 3.74. The van der Waals surface area contributed by atoms with Gasteiger partial charge in [0.15, 0.2) is 0 Å². The summed E-state index contributed by atoms with van der Waals surface area (Å²) < 4.78 is 0. The Bertz CT molecular complexity index is 405. The van der Waals surface area contributed by atoms with Crippen LogP contribution in [0.2, 0.25) is 0 Å². The minimum atomic E-state index is -0.870. The Morgan fingerprint density at radius 1 is 1.35 bits per heavy atom. The summed E-state index contributed by atoms with van der Waals surface area (Å²) in [5.41, 5.74) is 1.81. The average molecular weight is 233 g/mol. The molecule has 0 amide bonds. The van der Waals surface area contributed by atoms with Gasteiger partial charge in [-0.2, -0.15) is 0 Å². The minimum absolute atomic E-state index is 0.325. The fourth-order valence-corrected chi connectivity index (χ4v) is 2.14. The van der Waals surface area contributed by atoms with E-state index >= 15 is 0 Å². The maximum absolute atomic E-state index is 10.7. The van der Waals surface area contributed by atoms with Crippen molar-refractivity contribution in [2.24, 2.45) is 5.92 Å². The van der Waals surface area contributed by atoms with Crippen LogP contribution in [0.5, 0.6) is 0 Å². The van der Waals surface area contributed by atoms with Crippen LogP contribution >= 0.6 is 0 Å². The fourth-order valence-electron chi connectivity index (χ4n) is 2.14. The number of carboxylic acid groups (broad SMARTS) is 1. The van der Waals surface area contributed by atoms with Gasteiger partial charge < -0.3 is 10.4 Å². The van der Waals surface area contributed by atoms with Crippen LogP contribution in [0.25, 0.3) is 0 Å². The highest BCUT2D eigenvalue weighted by molar-refractivity contribution is 5.87. The Morgan fingerprint density at radius 2 is 1.94 bits per heavy atom. The molecule has 0 aliphatic heterocycles. The zero-order chi connectivity index (χ0) is 12.5. The Morgan fingerprint density at radius 3 is 2.35 bits per heavy atom. The molecule has 0 bridgehead atoms. The predicted octanol–water partition coefficient (Wildman–Crippen LogP) is 2.66. The van der Waals surface area contributed by atoms with E-state index < -0.39 is 5.97 Å². The van der Waals surface area contributed by atoms with Crippen LogP contribution in [0.1, 0.15) is 42.6 Å². The van der Waals surface area contributed by atoms with Crippen molar-refractivity contribution in [2.45, 2.75) is 38.8 Å². The van der Waals surface area contributed by atoms with Gasteiger partial charge in [-0.25, -0.2) is 4.79 Å². The number of hydrogen-bond donors (Lipinski definition) is 2. The van der Waals surface area contributed by atoms with Crippen molar-refractivity contribution in [1.82, 2.24) is 5.32 Å². The predicted molar refractivity (Wildman–Crippen MR) is 67.0 cm³/mol. The fraction of sp³-hybridized carbons (Fsp3) is 0.500. The molecule has 1 aromatic carbocycles. The lowest BCUT2D eigenvalue weighted by atomic mass is 10.0. The smallest absolute Gasteiger partial charge is 0.335 e. The second-order valence-corrected chi connectivity index (χ2v) is 5.17. The molecule has 1 aliphatic rings. The van der Waals surface area contributed by atoms with E-state index in [1.165, 1.54) is 12.8 Å². The summed E-state index contributed by atoms with van der Waals surface area (Å²) in [7, 11) is 0. The molecule has 1 fully saturated rings. The van der Waals surface area contributed by atoms with E-state index in [1.54, 1.807) is 12.1 Å². The van der Waals surface area contributed by atoms with Crippen molar-refractivity contribution in [1.29, 1.82) is 0 Å². The Labute approximate surface area is 102 Å². The van der Waals surface area contributed by atoms with Crippen LogP contribution in [0.15, 0.2) is 24.3 Å². The summed E-state index contributed by atoms with van der Waals surface area (Å²) in [6, 6.07) is 7.09. The number of benzene rings is 1. The summed E-state index contributed by atoms with van der Waals surface area (Å²) in [6.45, 7) is 5.30. The molecule has 3 heteroatoms. The molecule has 2 N–H and O–H groups in total. The second kappa shape index (κ2) is 4.49. The number of carbonyl (C=O) groups is 1. The van der Waals surface area contributed by atoms with E-state index in [4.69, 9.17) is 5.11 Å². The van der Waals surface area contributed by atoms with E-state index in [1.807, 2.05) is 12.1 Å². The molecular weight excluding hydrogens is 214 g/mol. The van der Waals surface area contributed by atoms with Gasteiger partial charge in [-0.05, 0) is 36.5 Å². The summed E-state index contributed by atoms with van der Waals surface area (Å²) >= 11 is 0. The maximum Gasteiger partial charge on any atom is 0.335 e. The van der Waals surface area contributed by atoms with Crippen molar-refractivity contribution < 1.29 is 9.90 Å². The van der Waals surface area contributed by atoms with Crippen LogP contribution in [0.4, 0.5) is 0 Å². The van der Waals surface area contributed by atoms with Crippen molar-refractivity contribution in [3.63, 3.8) is 0 Å². The molecule has 0 atom stereocenters. The van der Waals surface area contributed by atoms with Crippen LogP contribution < -0.4 is 5.32 Å². The normalized spacial score (nSPS) is 17.1. The quantitative estimate of drug-likeness (QED) is 0.822. The van der Waals surface area contributed by atoms with Crippen molar-refractivity contribution in [2.75, 3.05) is 0 Å². The topological polar surface area (TPSA) is 49.3 Å². The van der Waals surface area contributed by atoms with E-state index in [-0.39, 0.29) is 0 Å². The molecule has 1 aromatic rings. The molecule has 2 rings (SSSR count). The average Bonchev–Trinajstić information content (AvgIpc) is 3.08. The number of carboxylic acids is 1. The first-order valence-electron chi connectivity index (χ1n) is 6.11. The number of rotatable bonds is 5. The molecule has 0 unspecified atom stereocenters. The number of hydrogen-bond acceptors (Lipinski definition) is 2. The molecule has 17 heavy (non-hydrogen) atoms. The SMILES string of the molecule is CC(C)C1(NCc2ccc(C(=O)O)cc2)CC1. The first kappa shape index (κ1) is 12.1. The summed E-state index contributed by atoms with van der Waals surface area (Å²) in [4.78, 5) is 10.7. The van der Waals surface area contributed by atoms with Gasteiger partial charge in [0.05, 0.1) is 5.56 Å². The van der Waals surface area contributed by atoms with Gasteiger partial charge in [0.2, 0.25) is 0 Å². The molecule has 0 saturated heterocycles. The van der Waals surface area contributed by atoms with Crippen LogP contribution in [-0.2, 0) is 6.54 Å². The highest BCUT2D eigenvalue weighted by atomic mass is 16.4. The lowest BCUT2D eigenvalue weighted by Crippen LogP contribution is -2.35. The zero-order valence-electron chi connectivity index (χ0n) is 10.4. The highest BCUT2D eigenvalue weighted by Gasteiger charge is 2.44. The molecule has 0 heterocycles. The maximum atomic E-state index is 10.7. The molecule has 0 spiro atoms. The minimum Gasteiger partial charge on any atom is -0.478 e. The van der Waals surface area contributed by atoms with Crippen molar-refractivity contribution in [3.8, 4) is 0 Å². The Balaban J connectivity index is 1.94. The molecule has 0 radical (unpaired) electrons. The third kappa shape index (κ3) is 2.67. The molecule has 3 nitrogen and oxygen atoms in total. The van der Waals surface area contributed by atoms with Crippen molar-refractivity contribution >= 4 is 5.97 Å². The van der Waals surface area contributed by atoms with Gasteiger partial charge >= 0.3 is 5.97 Å². The summed E-state index contributed by atoms with van der Waals surface area (Å²) in [6.07, 6.45) is 2.50. The van der Waals surface area contributed by atoms with Gasteiger partial charge in [0.1, 0.15) is 0 Å². The van der Waals surface area contributed by atoms with Gasteiger partial charge in [0.25, 0.3) is 0 Å². The Kier molecular flexibility index (Phi) is 3.20. The van der Waals surface area contributed by atoms with E-state index in [0.29, 0.717) is 17.0 Å². The number of nitrogens with one attached hydrogen (secondary N) is 1. The largest absolute Gasteiger partial charge is 0.478 e. The lowest BCUT2D eigenvalue weighted by Gasteiger charge is -2.21. The van der Waals surface area contributed by atoms with Crippen LogP contribution in [-0.4, -0.2) is 16.6 Å². The Hall–Kier alpha value is -1.35. The first-order chi connectivity index (χ1) is 8.03. The summed E-state index contributed by atoms with van der Waals surface area (Å²) in [5, 5.41) is 12.4. The van der Waals surface area contributed by atoms with Gasteiger partial charge in [-0.1, -0.05) is 26.0 Å². The lowest BCUT2D eigenvalue weighted by molar-refractivity contribution is 0.0697. The van der Waals surface area contributed by atoms with E-state index in [2.05, 4.69) is 19.2 Å². The van der Waals surface area contributed by atoms with Crippen LogP contribution in [0.3, 0.4) is 0 Å². The molecule has 1 aliphatic carbocycles. The second-order valence-electron chi connectivity index (χ2n) is 5.17. The van der Waals surface area contributed by atoms with Crippen LogP contribution in [0, 0.1) is 5.92 Å². The van der Waals surface area contributed by atoms with Gasteiger partial charge in [-0.15, -0.1) is 0 Å². The molecular formula is C14H19NO2. The summed E-state index contributed by atoms with van der Waals surface area (Å²) in [5.74, 6) is -0.217. The van der Waals surface area contributed by atoms with E-state index in [0.717, 1.165) is 12.1 Å². The van der Waals surface area contributed by atoms with Crippen molar-refractivity contribution in [3.05, 3.63) is 35.4 Å². The first-order valence-corrected chi connectivity index (χ1v) is 6.11. The monoisotopic (exact) mass is 233 g/mol. The highest BCUT2D eigenvalue weighted by Crippen LogP contribution is 2.42. The van der Waals surface area contributed by atoms with Gasteiger partial charge in [0, 0.05) is 12.1 Å². The number of aromatic carboxylic acids is 1. The molecule has 0 aromatic heterocycles. The van der Waals surface area contributed by atoms with Gasteiger partial charge in [-0.3, -0.25) is 0 Å². The molecule has 92 valence electrons. The zero-order valence-corrected chi connectivity index (χ0v) is 10.4. The third-order valence-corrected chi connectivity index (χ3v) is 3.74. The molecule has 1 saturated carbocycles.